The lowest BCUT2D eigenvalue weighted by Crippen LogP contribution is -2.41. The molecule has 0 atom stereocenters. The highest BCUT2D eigenvalue weighted by atomic mass is 79.9. The van der Waals surface area contributed by atoms with Crippen molar-refractivity contribution in [2.24, 2.45) is 5.10 Å². The molecule has 1 aliphatic heterocycles. The molecule has 5 heteroatoms. The fraction of sp³-hybridized carbons (Fsp3) is 0.333. The maximum absolute atomic E-state index is 11.4. The molecule has 0 fully saturated rings. The van der Waals surface area contributed by atoms with E-state index in [2.05, 4.69) is 21.0 Å². The van der Waals surface area contributed by atoms with Gasteiger partial charge in [0, 0.05) is 17.0 Å². The Balaban J connectivity index is 2.33. The van der Waals surface area contributed by atoms with E-state index in [-0.39, 0.29) is 5.91 Å². The minimum Gasteiger partial charge on any atom is -0.448 e. The summed E-state index contributed by atoms with van der Waals surface area (Å²) in [5.41, 5.74) is 0.124. The van der Waals surface area contributed by atoms with Gasteiger partial charge in [-0.3, -0.25) is 4.79 Å². The standard InChI is InChI=1S/C12H13BrN2O2/c1-8(16)15-12(2,3)17-11(14-15)9-4-6-10(13)7-5-9/h4-7H,1-3H3. The van der Waals surface area contributed by atoms with Gasteiger partial charge < -0.3 is 4.74 Å². The highest BCUT2D eigenvalue weighted by molar-refractivity contribution is 9.10. The lowest BCUT2D eigenvalue weighted by atomic mass is 10.2. The molecule has 0 N–H and O–H groups in total. The summed E-state index contributed by atoms with van der Waals surface area (Å²) in [5.74, 6) is 0.333. The Bertz CT molecular complexity index is 480. The first-order valence-corrected chi connectivity index (χ1v) is 6.04. The number of ether oxygens (including phenoxy) is 1. The van der Waals surface area contributed by atoms with Crippen LogP contribution in [0.5, 0.6) is 0 Å². The van der Waals surface area contributed by atoms with Gasteiger partial charge in [0.2, 0.25) is 17.5 Å². The van der Waals surface area contributed by atoms with Crippen LogP contribution in [0.15, 0.2) is 33.8 Å². The van der Waals surface area contributed by atoms with Gasteiger partial charge in [-0.15, -0.1) is 5.10 Å². The number of benzene rings is 1. The van der Waals surface area contributed by atoms with E-state index >= 15 is 0 Å². The summed E-state index contributed by atoms with van der Waals surface area (Å²) < 4.78 is 6.68. The average Bonchev–Trinajstić information content (AvgIpc) is 2.55. The molecule has 0 aromatic heterocycles. The third-order valence-electron chi connectivity index (χ3n) is 2.44. The first kappa shape index (κ1) is 12.1. The number of hydrazone groups is 1. The summed E-state index contributed by atoms with van der Waals surface area (Å²) in [5, 5.41) is 5.55. The molecule has 1 aliphatic rings. The van der Waals surface area contributed by atoms with E-state index in [4.69, 9.17) is 4.74 Å². The number of amides is 1. The van der Waals surface area contributed by atoms with E-state index in [9.17, 15) is 4.79 Å². The van der Waals surface area contributed by atoms with E-state index < -0.39 is 5.72 Å². The molecule has 2 rings (SSSR count). The Kier molecular flexibility index (Phi) is 2.95. The van der Waals surface area contributed by atoms with Crippen LogP contribution in [0.1, 0.15) is 26.3 Å². The quantitative estimate of drug-likeness (QED) is 0.800. The molecule has 0 saturated carbocycles. The molecular formula is C12H13BrN2O2. The Morgan fingerprint density at radius 1 is 1.35 bits per heavy atom. The molecule has 0 aliphatic carbocycles. The fourth-order valence-corrected chi connectivity index (χ4v) is 1.93. The first-order chi connectivity index (χ1) is 7.90. The zero-order chi connectivity index (χ0) is 12.6. The summed E-state index contributed by atoms with van der Waals surface area (Å²) in [6.07, 6.45) is 0. The molecule has 1 amide bonds. The Morgan fingerprint density at radius 2 is 1.94 bits per heavy atom. The first-order valence-electron chi connectivity index (χ1n) is 5.24. The molecule has 0 unspecified atom stereocenters. The Hall–Kier alpha value is -1.36. The number of carbonyl (C=O) groups excluding carboxylic acids is 1. The van der Waals surface area contributed by atoms with Gasteiger partial charge in [-0.1, -0.05) is 15.9 Å². The molecule has 0 saturated heterocycles. The third kappa shape index (κ3) is 2.34. The molecule has 17 heavy (non-hydrogen) atoms. The molecule has 0 bridgehead atoms. The summed E-state index contributed by atoms with van der Waals surface area (Å²) in [6, 6.07) is 7.60. The second kappa shape index (κ2) is 4.14. The second-order valence-electron chi connectivity index (χ2n) is 4.29. The molecular weight excluding hydrogens is 284 g/mol. The number of halogens is 1. The summed E-state index contributed by atoms with van der Waals surface area (Å²) in [4.78, 5) is 11.4. The zero-order valence-corrected chi connectivity index (χ0v) is 11.5. The van der Waals surface area contributed by atoms with Gasteiger partial charge in [-0.2, -0.15) is 5.01 Å². The minimum atomic E-state index is -0.728. The van der Waals surface area contributed by atoms with Crippen molar-refractivity contribution < 1.29 is 9.53 Å². The van der Waals surface area contributed by atoms with Crippen LogP contribution in [0, 0.1) is 0 Å². The molecule has 0 spiro atoms. The van der Waals surface area contributed by atoms with Crippen molar-refractivity contribution in [3.63, 3.8) is 0 Å². The molecule has 1 aromatic rings. The van der Waals surface area contributed by atoms with Gasteiger partial charge in [0.1, 0.15) is 0 Å². The van der Waals surface area contributed by atoms with Crippen molar-refractivity contribution in [1.29, 1.82) is 0 Å². The molecule has 4 nitrogen and oxygen atoms in total. The molecule has 0 radical (unpaired) electrons. The van der Waals surface area contributed by atoms with Crippen molar-refractivity contribution in [1.82, 2.24) is 5.01 Å². The second-order valence-corrected chi connectivity index (χ2v) is 5.21. The van der Waals surface area contributed by atoms with Crippen molar-refractivity contribution >= 4 is 27.7 Å². The summed E-state index contributed by atoms with van der Waals surface area (Å²) >= 11 is 3.37. The summed E-state index contributed by atoms with van der Waals surface area (Å²) in [6.45, 7) is 5.09. The van der Waals surface area contributed by atoms with Crippen molar-refractivity contribution in [3.05, 3.63) is 34.3 Å². The van der Waals surface area contributed by atoms with Gasteiger partial charge in [0.05, 0.1) is 0 Å². The number of rotatable bonds is 1. The normalized spacial score (nSPS) is 17.6. The zero-order valence-electron chi connectivity index (χ0n) is 9.90. The molecule has 90 valence electrons. The van der Waals surface area contributed by atoms with Crippen LogP contribution in [0.25, 0.3) is 0 Å². The van der Waals surface area contributed by atoms with Gasteiger partial charge in [0.25, 0.3) is 0 Å². The van der Waals surface area contributed by atoms with Gasteiger partial charge in [0.15, 0.2) is 0 Å². The Morgan fingerprint density at radius 3 is 2.41 bits per heavy atom. The topological polar surface area (TPSA) is 41.9 Å². The molecule has 1 aromatic carbocycles. The largest absolute Gasteiger partial charge is 0.448 e. The number of carbonyl (C=O) groups is 1. The van der Waals surface area contributed by atoms with E-state index in [1.54, 1.807) is 0 Å². The van der Waals surface area contributed by atoms with E-state index in [0.29, 0.717) is 5.90 Å². The van der Waals surface area contributed by atoms with E-state index in [1.165, 1.54) is 11.9 Å². The molecule has 1 heterocycles. The van der Waals surface area contributed by atoms with Crippen LogP contribution in [0.3, 0.4) is 0 Å². The van der Waals surface area contributed by atoms with E-state index in [1.807, 2.05) is 38.1 Å². The smallest absolute Gasteiger partial charge is 0.243 e. The lowest BCUT2D eigenvalue weighted by Gasteiger charge is -2.25. The highest BCUT2D eigenvalue weighted by Crippen LogP contribution is 2.26. The number of hydrogen-bond donors (Lipinski definition) is 0. The van der Waals surface area contributed by atoms with Crippen LogP contribution in [0.2, 0.25) is 0 Å². The lowest BCUT2D eigenvalue weighted by molar-refractivity contribution is -0.142. The van der Waals surface area contributed by atoms with E-state index in [0.717, 1.165) is 10.0 Å². The van der Waals surface area contributed by atoms with Crippen LogP contribution >= 0.6 is 15.9 Å². The minimum absolute atomic E-state index is 0.137. The maximum atomic E-state index is 11.4. The van der Waals surface area contributed by atoms with Gasteiger partial charge >= 0.3 is 0 Å². The average molecular weight is 297 g/mol. The highest BCUT2D eigenvalue weighted by Gasteiger charge is 2.38. The van der Waals surface area contributed by atoms with Gasteiger partial charge in [-0.25, -0.2) is 0 Å². The van der Waals surface area contributed by atoms with Crippen molar-refractivity contribution in [3.8, 4) is 0 Å². The SMILES string of the molecule is CC(=O)N1N=C(c2ccc(Br)cc2)OC1(C)C. The predicted molar refractivity (Wildman–Crippen MR) is 68.4 cm³/mol. The Labute approximate surface area is 108 Å². The van der Waals surface area contributed by atoms with Crippen LogP contribution in [-0.4, -0.2) is 22.5 Å². The van der Waals surface area contributed by atoms with Gasteiger partial charge in [-0.05, 0) is 38.1 Å². The predicted octanol–water partition coefficient (Wildman–Crippen LogP) is 2.73. The van der Waals surface area contributed by atoms with Crippen LogP contribution < -0.4 is 0 Å². The number of hydrogen-bond acceptors (Lipinski definition) is 3. The van der Waals surface area contributed by atoms with Crippen molar-refractivity contribution in [2.45, 2.75) is 26.5 Å². The van der Waals surface area contributed by atoms with Crippen LogP contribution in [0.4, 0.5) is 0 Å². The number of nitrogens with zero attached hydrogens (tertiary/aromatic N) is 2. The monoisotopic (exact) mass is 296 g/mol. The summed E-state index contributed by atoms with van der Waals surface area (Å²) in [7, 11) is 0. The van der Waals surface area contributed by atoms with Crippen LogP contribution in [-0.2, 0) is 9.53 Å². The fourth-order valence-electron chi connectivity index (χ4n) is 1.67. The van der Waals surface area contributed by atoms with Crippen molar-refractivity contribution in [2.75, 3.05) is 0 Å². The third-order valence-corrected chi connectivity index (χ3v) is 2.97. The maximum Gasteiger partial charge on any atom is 0.243 e.